The fourth-order valence-corrected chi connectivity index (χ4v) is 2.27. The number of nitrogens with zero attached hydrogens (tertiary/aromatic N) is 3. The molecule has 2 aromatic heterocycles. The Labute approximate surface area is 118 Å². The van der Waals surface area contributed by atoms with Crippen molar-refractivity contribution in [1.29, 1.82) is 0 Å². The maximum Gasteiger partial charge on any atom is 0.256 e. The molecular weight excluding hydrogens is 312 g/mol. The maximum atomic E-state index is 5.72. The molecule has 1 fully saturated rings. The molecule has 100 valence electrons. The fourth-order valence-electron chi connectivity index (χ4n) is 2.04. The van der Waals surface area contributed by atoms with Crippen molar-refractivity contribution < 1.29 is 9.26 Å². The van der Waals surface area contributed by atoms with Crippen molar-refractivity contribution in [3.05, 3.63) is 28.7 Å². The van der Waals surface area contributed by atoms with Crippen LogP contribution in [0.25, 0.3) is 11.5 Å². The van der Waals surface area contributed by atoms with E-state index >= 15 is 0 Å². The summed E-state index contributed by atoms with van der Waals surface area (Å²) in [5, 5.41) is 3.94. The average Bonchev–Trinajstić information content (AvgIpc) is 3.08. The molecule has 0 saturated carbocycles. The summed E-state index contributed by atoms with van der Waals surface area (Å²) in [7, 11) is 0. The molecule has 1 aliphatic rings. The molecule has 0 bridgehead atoms. The van der Waals surface area contributed by atoms with Crippen molar-refractivity contribution in [3.8, 4) is 11.5 Å². The van der Waals surface area contributed by atoms with Crippen LogP contribution in [0.4, 0.5) is 0 Å². The summed E-state index contributed by atoms with van der Waals surface area (Å²) in [6.07, 6.45) is 3.42. The highest BCUT2D eigenvalue weighted by atomic mass is 79.9. The van der Waals surface area contributed by atoms with Gasteiger partial charge >= 0.3 is 0 Å². The molecule has 0 spiro atoms. The smallest absolute Gasteiger partial charge is 0.256 e. The van der Waals surface area contributed by atoms with Gasteiger partial charge in [0.15, 0.2) is 0 Å². The number of aromatic nitrogens is 3. The van der Waals surface area contributed by atoms with E-state index < -0.39 is 0 Å². The third-order valence-electron chi connectivity index (χ3n) is 3.04. The molecule has 1 saturated heterocycles. The second-order valence-electron chi connectivity index (χ2n) is 4.38. The molecule has 2 aromatic rings. The molecule has 0 aliphatic carbocycles. The van der Waals surface area contributed by atoms with Crippen LogP contribution in [-0.2, 0) is 4.74 Å². The van der Waals surface area contributed by atoms with E-state index in [0.717, 1.165) is 17.3 Å². The van der Waals surface area contributed by atoms with Crippen LogP contribution in [0.5, 0.6) is 0 Å². The predicted molar refractivity (Wildman–Crippen MR) is 71.1 cm³/mol. The number of halogens is 1. The molecule has 19 heavy (non-hydrogen) atoms. The van der Waals surface area contributed by atoms with Crippen LogP contribution in [0, 0.1) is 0 Å². The molecule has 3 rings (SSSR count). The van der Waals surface area contributed by atoms with E-state index in [0.29, 0.717) is 24.0 Å². The van der Waals surface area contributed by atoms with Crippen molar-refractivity contribution in [2.24, 2.45) is 5.73 Å². The lowest BCUT2D eigenvalue weighted by Gasteiger charge is -2.07. The van der Waals surface area contributed by atoms with Gasteiger partial charge in [-0.05, 0) is 40.9 Å². The molecule has 0 amide bonds. The highest BCUT2D eigenvalue weighted by Gasteiger charge is 2.30. The van der Waals surface area contributed by atoms with Gasteiger partial charge in [0.2, 0.25) is 5.82 Å². The normalized spacial score (nSPS) is 22.8. The summed E-state index contributed by atoms with van der Waals surface area (Å²) in [6.45, 7) is 0.520. The summed E-state index contributed by atoms with van der Waals surface area (Å²) in [6, 6.07) is 3.71. The molecule has 1 aliphatic heterocycles. The molecule has 0 aromatic carbocycles. The first-order valence-corrected chi connectivity index (χ1v) is 6.86. The van der Waals surface area contributed by atoms with Gasteiger partial charge in [-0.25, -0.2) is 0 Å². The zero-order valence-corrected chi connectivity index (χ0v) is 11.7. The number of rotatable bonds is 3. The molecule has 0 radical (unpaired) electrons. The van der Waals surface area contributed by atoms with Crippen molar-refractivity contribution in [3.63, 3.8) is 0 Å². The van der Waals surface area contributed by atoms with Crippen molar-refractivity contribution in [2.75, 3.05) is 6.54 Å². The third-order valence-corrected chi connectivity index (χ3v) is 3.51. The number of hydrogen-bond donors (Lipinski definition) is 1. The van der Waals surface area contributed by atoms with E-state index in [9.17, 15) is 0 Å². The minimum atomic E-state index is -0.148. The predicted octanol–water partition coefficient (Wildman–Crippen LogP) is 2.07. The van der Waals surface area contributed by atoms with Crippen LogP contribution < -0.4 is 5.73 Å². The van der Waals surface area contributed by atoms with Crippen LogP contribution in [0.15, 0.2) is 27.3 Å². The van der Waals surface area contributed by atoms with Crippen LogP contribution in [0.3, 0.4) is 0 Å². The van der Waals surface area contributed by atoms with Crippen molar-refractivity contribution in [2.45, 2.75) is 25.0 Å². The average molecular weight is 325 g/mol. The molecule has 2 unspecified atom stereocenters. The summed E-state index contributed by atoms with van der Waals surface area (Å²) in [5.41, 5.74) is 6.25. The second kappa shape index (κ2) is 5.36. The van der Waals surface area contributed by atoms with E-state index in [1.165, 1.54) is 0 Å². The van der Waals surface area contributed by atoms with Crippen LogP contribution in [-0.4, -0.2) is 27.8 Å². The summed E-state index contributed by atoms with van der Waals surface area (Å²) >= 11 is 3.33. The number of hydrogen-bond acceptors (Lipinski definition) is 6. The molecule has 3 heterocycles. The van der Waals surface area contributed by atoms with Crippen LogP contribution in [0.1, 0.15) is 24.8 Å². The SMILES string of the molecule is NCC1CCC(c2nc(-c3ccc(Br)cn3)no2)O1. The summed E-state index contributed by atoms with van der Waals surface area (Å²) in [5.74, 6) is 0.970. The summed E-state index contributed by atoms with van der Waals surface area (Å²) < 4.78 is 11.9. The fraction of sp³-hybridized carbons (Fsp3) is 0.417. The number of ether oxygens (including phenoxy) is 1. The van der Waals surface area contributed by atoms with E-state index in [1.54, 1.807) is 6.20 Å². The lowest BCUT2D eigenvalue weighted by molar-refractivity contribution is 0.0307. The molecular formula is C12H13BrN4O2. The Balaban J connectivity index is 1.78. The first-order chi connectivity index (χ1) is 9.26. The first-order valence-electron chi connectivity index (χ1n) is 6.07. The van der Waals surface area contributed by atoms with Crippen molar-refractivity contribution >= 4 is 15.9 Å². The Morgan fingerprint density at radius 3 is 2.95 bits per heavy atom. The maximum absolute atomic E-state index is 5.72. The van der Waals surface area contributed by atoms with Gasteiger partial charge in [-0.1, -0.05) is 5.16 Å². The quantitative estimate of drug-likeness (QED) is 0.929. The topological polar surface area (TPSA) is 87.1 Å². The minimum absolute atomic E-state index is 0.0890. The summed E-state index contributed by atoms with van der Waals surface area (Å²) in [4.78, 5) is 8.57. The standard InChI is InChI=1S/C12H13BrN4O2/c13-7-1-3-9(15-6-7)11-16-12(19-17-11)10-4-2-8(5-14)18-10/h1,3,6,8,10H,2,4-5,14H2. The monoisotopic (exact) mass is 324 g/mol. The van der Waals surface area contributed by atoms with E-state index in [4.69, 9.17) is 15.0 Å². The van der Waals surface area contributed by atoms with Gasteiger partial charge in [-0.3, -0.25) is 4.98 Å². The highest BCUT2D eigenvalue weighted by Crippen LogP contribution is 2.32. The lowest BCUT2D eigenvalue weighted by Crippen LogP contribution is -2.18. The lowest BCUT2D eigenvalue weighted by atomic mass is 10.2. The van der Waals surface area contributed by atoms with Gasteiger partial charge in [0.1, 0.15) is 11.8 Å². The minimum Gasteiger partial charge on any atom is -0.364 e. The molecule has 7 heteroatoms. The van der Waals surface area contributed by atoms with Crippen LogP contribution >= 0.6 is 15.9 Å². The molecule has 2 atom stereocenters. The zero-order chi connectivity index (χ0) is 13.2. The van der Waals surface area contributed by atoms with Gasteiger partial charge in [0.25, 0.3) is 5.89 Å². The first kappa shape index (κ1) is 12.7. The molecule has 2 N–H and O–H groups in total. The van der Waals surface area contributed by atoms with E-state index in [2.05, 4.69) is 31.1 Å². The zero-order valence-electron chi connectivity index (χ0n) is 10.1. The molecule has 6 nitrogen and oxygen atoms in total. The number of nitrogens with two attached hydrogens (primary N) is 1. The van der Waals surface area contributed by atoms with Gasteiger partial charge in [-0.15, -0.1) is 0 Å². The largest absolute Gasteiger partial charge is 0.364 e. The van der Waals surface area contributed by atoms with Gasteiger partial charge in [0, 0.05) is 17.2 Å². The second-order valence-corrected chi connectivity index (χ2v) is 5.29. The Kier molecular flexibility index (Phi) is 3.58. The Morgan fingerprint density at radius 1 is 1.37 bits per heavy atom. The highest BCUT2D eigenvalue weighted by molar-refractivity contribution is 9.10. The van der Waals surface area contributed by atoms with E-state index in [1.807, 2.05) is 12.1 Å². The van der Waals surface area contributed by atoms with Crippen LogP contribution in [0.2, 0.25) is 0 Å². The van der Waals surface area contributed by atoms with Gasteiger partial charge in [-0.2, -0.15) is 4.98 Å². The third kappa shape index (κ3) is 2.68. The van der Waals surface area contributed by atoms with Crippen molar-refractivity contribution in [1.82, 2.24) is 15.1 Å². The Bertz CT molecular complexity index is 557. The van der Waals surface area contributed by atoms with Gasteiger partial charge in [0.05, 0.1) is 6.10 Å². The number of pyridine rings is 1. The Hall–Kier alpha value is -1.31. The van der Waals surface area contributed by atoms with E-state index in [-0.39, 0.29) is 12.2 Å². The Morgan fingerprint density at radius 2 is 2.26 bits per heavy atom. The van der Waals surface area contributed by atoms with Gasteiger partial charge < -0.3 is 15.0 Å².